The van der Waals surface area contributed by atoms with Crippen LogP contribution in [-0.4, -0.2) is 11.1 Å². The second kappa shape index (κ2) is 6.43. The number of carboxylic acids is 1. The zero-order valence-corrected chi connectivity index (χ0v) is 10.9. The summed E-state index contributed by atoms with van der Waals surface area (Å²) in [5.74, 6) is 0.0774. The summed E-state index contributed by atoms with van der Waals surface area (Å²) < 4.78 is 0. The van der Waals surface area contributed by atoms with Gasteiger partial charge in [-0.15, -0.1) is 0 Å². The number of carbonyl (C=O) groups is 1. The van der Waals surface area contributed by atoms with E-state index in [2.05, 4.69) is 38.1 Å². The average molecular weight is 234 g/mol. The van der Waals surface area contributed by atoms with Crippen molar-refractivity contribution in [3.05, 3.63) is 35.4 Å². The predicted molar refractivity (Wildman–Crippen MR) is 70.3 cm³/mol. The van der Waals surface area contributed by atoms with Gasteiger partial charge in [0.15, 0.2) is 0 Å². The molecular weight excluding hydrogens is 212 g/mol. The van der Waals surface area contributed by atoms with Gasteiger partial charge in [0.2, 0.25) is 0 Å². The van der Waals surface area contributed by atoms with Gasteiger partial charge in [0, 0.05) is 0 Å². The van der Waals surface area contributed by atoms with Crippen molar-refractivity contribution in [2.45, 2.75) is 46.0 Å². The molecule has 0 bridgehead atoms. The van der Waals surface area contributed by atoms with Crippen LogP contribution in [0.25, 0.3) is 0 Å². The monoisotopic (exact) mass is 234 g/mol. The van der Waals surface area contributed by atoms with Crippen LogP contribution in [0.2, 0.25) is 0 Å². The zero-order valence-electron chi connectivity index (χ0n) is 10.9. The Morgan fingerprint density at radius 3 is 2.24 bits per heavy atom. The van der Waals surface area contributed by atoms with Crippen molar-refractivity contribution in [2.75, 3.05) is 0 Å². The minimum Gasteiger partial charge on any atom is -0.481 e. The maximum absolute atomic E-state index is 10.6. The topological polar surface area (TPSA) is 37.3 Å². The van der Waals surface area contributed by atoms with Gasteiger partial charge < -0.3 is 5.11 Å². The highest BCUT2D eigenvalue weighted by Gasteiger charge is 2.09. The summed E-state index contributed by atoms with van der Waals surface area (Å²) >= 11 is 0. The minimum atomic E-state index is -0.735. The molecule has 0 radical (unpaired) electrons. The number of hydrogen-bond donors (Lipinski definition) is 1. The second-order valence-corrected chi connectivity index (χ2v) is 5.17. The Morgan fingerprint density at radius 2 is 1.76 bits per heavy atom. The first-order valence-electron chi connectivity index (χ1n) is 6.29. The molecule has 1 aromatic carbocycles. The van der Waals surface area contributed by atoms with E-state index in [1.54, 1.807) is 0 Å². The zero-order chi connectivity index (χ0) is 12.8. The number of hydrogen-bond acceptors (Lipinski definition) is 1. The standard InChI is InChI=1S/C15H22O2/c1-11(2)4-5-13-6-8-14(9-7-13)12(3)10-15(16)17/h6-9,11-12H,4-5,10H2,1-3H3,(H,16,17)/t12-/m1/s1. The lowest BCUT2D eigenvalue weighted by atomic mass is 9.95. The van der Waals surface area contributed by atoms with Gasteiger partial charge in [0.25, 0.3) is 0 Å². The molecule has 0 aliphatic rings. The highest BCUT2D eigenvalue weighted by Crippen LogP contribution is 2.20. The molecule has 0 unspecified atom stereocenters. The average Bonchev–Trinajstić information content (AvgIpc) is 2.26. The fourth-order valence-corrected chi connectivity index (χ4v) is 1.85. The fourth-order valence-electron chi connectivity index (χ4n) is 1.85. The molecule has 2 nitrogen and oxygen atoms in total. The lowest BCUT2D eigenvalue weighted by Gasteiger charge is -2.10. The van der Waals surface area contributed by atoms with Gasteiger partial charge in [0.05, 0.1) is 6.42 Å². The number of aryl methyl sites for hydroxylation is 1. The van der Waals surface area contributed by atoms with Crippen molar-refractivity contribution in [2.24, 2.45) is 5.92 Å². The largest absolute Gasteiger partial charge is 0.481 e. The molecule has 1 aromatic rings. The van der Waals surface area contributed by atoms with Crippen LogP contribution in [0.15, 0.2) is 24.3 Å². The van der Waals surface area contributed by atoms with E-state index in [1.165, 1.54) is 12.0 Å². The molecule has 0 saturated heterocycles. The molecule has 0 amide bonds. The predicted octanol–water partition coefficient (Wildman–Crippen LogP) is 3.85. The first-order chi connectivity index (χ1) is 7.99. The molecule has 2 heteroatoms. The number of rotatable bonds is 6. The Balaban J connectivity index is 2.58. The van der Waals surface area contributed by atoms with Gasteiger partial charge in [0.1, 0.15) is 0 Å². The molecule has 0 aliphatic heterocycles. The molecule has 0 heterocycles. The van der Waals surface area contributed by atoms with Crippen LogP contribution >= 0.6 is 0 Å². The summed E-state index contributed by atoms with van der Waals surface area (Å²) in [5, 5.41) is 8.75. The molecule has 94 valence electrons. The van der Waals surface area contributed by atoms with Crippen LogP contribution < -0.4 is 0 Å². The van der Waals surface area contributed by atoms with Gasteiger partial charge in [-0.05, 0) is 35.8 Å². The smallest absolute Gasteiger partial charge is 0.303 e. The summed E-state index contributed by atoms with van der Waals surface area (Å²) in [6.45, 7) is 6.41. The van der Waals surface area contributed by atoms with E-state index >= 15 is 0 Å². The third-order valence-electron chi connectivity index (χ3n) is 3.04. The maximum atomic E-state index is 10.6. The van der Waals surface area contributed by atoms with Crippen LogP contribution in [0.3, 0.4) is 0 Å². The van der Waals surface area contributed by atoms with Gasteiger partial charge in [-0.3, -0.25) is 4.79 Å². The normalized spacial score (nSPS) is 12.7. The van der Waals surface area contributed by atoms with E-state index in [0.29, 0.717) is 0 Å². The summed E-state index contributed by atoms with van der Waals surface area (Å²) in [4.78, 5) is 10.6. The van der Waals surface area contributed by atoms with Crippen molar-refractivity contribution in [1.29, 1.82) is 0 Å². The Hall–Kier alpha value is -1.31. The van der Waals surface area contributed by atoms with E-state index in [4.69, 9.17) is 5.11 Å². The van der Waals surface area contributed by atoms with E-state index in [-0.39, 0.29) is 12.3 Å². The van der Waals surface area contributed by atoms with Crippen molar-refractivity contribution in [3.63, 3.8) is 0 Å². The van der Waals surface area contributed by atoms with Gasteiger partial charge in [-0.2, -0.15) is 0 Å². The van der Waals surface area contributed by atoms with E-state index in [1.807, 2.05) is 6.92 Å². The number of carboxylic acid groups (broad SMARTS) is 1. The first kappa shape index (κ1) is 13.8. The molecule has 0 saturated carbocycles. The lowest BCUT2D eigenvalue weighted by Crippen LogP contribution is -2.03. The molecule has 1 rings (SSSR count). The highest BCUT2D eigenvalue weighted by atomic mass is 16.4. The summed E-state index contributed by atoms with van der Waals surface area (Å²) in [7, 11) is 0. The maximum Gasteiger partial charge on any atom is 0.303 e. The molecule has 17 heavy (non-hydrogen) atoms. The van der Waals surface area contributed by atoms with Crippen molar-refractivity contribution in [1.82, 2.24) is 0 Å². The Morgan fingerprint density at radius 1 is 1.18 bits per heavy atom. The highest BCUT2D eigenvalue weighted by molar-refractivity contribution is 5.67. The fraction of sp³-hybridized carbons (Fsp3) is 0.533. The Labute approximate surface area is 104 Å². The summed E-state index contributed by atoms with van der Waals surface area (Å²) in [6, 6.07) is 8.36. The molecule has 1 N–H and O–H groups in total. The first-order valence-corrected chi connectivity index (χ1v) is 6.29. The summed E-state index contributed by atoms with van der Waals surface area (Å²) in [6.07, 6.45) is 2.50. The number of aliphatic carboxylic acids is 1. The van der Waals surface area contributed by atoms with Crippen molar-refractivity contribution >= 4 is 5.97 Å². The third-order valence-corrected chi connectivity index (χ3v) is 3.04. The van der Waals surface area contributed by atoms with Crippen molar-refractivity contribution in [3.8, 4) is 0 Å². The van der Waals surface area contributed by atoms with Crippen LogP contribution in [0, 0.1) is 5.92 Å². The van der Waals surface area contributed by atoms with E-state index < -0.39 is 5.97 Å². The van der Waals surface area contributed by atoms with E-state index in [0.717, 1.165) is 17.9 Å². The van der Waals surface area contributed by atoms with Crippen molar-refractivity contribution < 1.29 is 9.90 Å². The van der Waals surface area contributed by atoms with E-state index in [9.17, 15) is 4.79 Å². The van der Waals surface area contributed by atoms with Gasteiger partial charge in [-0.25, -0.2) is 0 Å². The summed E-state index contributed by atoms with van der Waals surface area (Å²) in [5.41, 5.74) is 2.45. The van der Waals surface area contributed by atoms with Gasteiger partial charge in [-0.1, -0.05) is 45.0 Å². The quantitative estimate of drug-likeness (QED) is 0.811. The van der Waals surface area contributed by atoms with Crippen LogP contribution in [0.5, 0.6) is 0 Å². The lowest BCUT2D eigenvalue weighted by molar-refractivity contribution is -0.137. The van der Waals surface area contributed by atoms with Crippen LogP contribution in [0.4, 0.5) is 0 Å². The van der Waals surface area contributed by atoms with Gasteiger partial charge >= 0.3 is 5.97 Å². The second-order valence-electron chi connectivity index (χ2n) is 5.17. The Kier molecular flexibility index (Phi) is 5.20. The number of benzene rings is 1. The van der Waals surface area contributed by atoms with Crippen LogP contribution in [-0.2, 0) is 11.2 Å². The Bertz CT molecular complexity index is 352. The molecule has 0 fully saturated rings. The molecule has 0 spiro atoms. The molecular formula is C15H22O2. The molecule has 1 atom stereocenters. The SMILES string of the molecule is CC(C)CCc1ccc([C@H](C)CC(=O)O)cc1. The van der Waals surface area contributed by atoms with Crippen LogP contribution in [0.1, 0.15) is 50.7 Å². The third kappa shape index (κ3) is 5.03. The molecule has 0 aromatic heterocycles. The minimum absolute atomic E-state index is 0.0895. The molecule has 0 aliphatic carbocycles.